The molecule has 0 aliphatic carbocycles. The molecule has 4 rings (SSSR count). The Bertz CT molecular complexity index is 1250. The molecule has 0 saturated heterocycles. The fourth-order valence-corrected chi connectivity index (χ4v) is 4.26. The van der Waals surface area contributed by atoms with Gasteiger partial charge in [0.25, 0.3) is 5.56 Å². The number of fused-ring (bicyclic) bond motifs is 1. The number of carbonyl (C=O) groups is 1. The lowest BCUT2D eigenvalue weighted by molar-refractivity contribution is 0.0593. The number of nitrogens with zero attached hydrogens (tertiary/aromatic N) is 3. The van der Waals surface area contributed by atoms with Crippen molar-refractivity contribution in [1.29, 1.82) is 0 Å². The molecule has 3 heterocycles. The molecule has 1 aromatic carbocycles. The van der Waals surface area contributed by atoms with E-state index in [1.807, 2.05) is 18.2 Å². The van der Waals surface area contributed by atoms with Crippen LogP contribution in [0.3, 0.4) is 0 Å². The number of pyridine rings is 2. The summed E-state index contributed by atoms with van der Waals surface area (Å²) in [5.74, 6) is -0.541. The van der Waals surface area contributed by atoms with E-state index in [-0.39, 0.29) is 29.2 Å². The van der Waals surface area contributed by atoms with Crippen molar-refractivity contribution in [3.05, 3.63) is 87.3 Å². The van der Waals surface area contributed by atoms with Crippen LogP contribution in [0, 0.1) is 5.82 Å². The fraction of sp³-hybridized carbons (Fsp3) is 0.346. The summed E-state index contributed by atoms with van der Waals surface area (Å²) in [6.07, 6.45) is 2.70. The van der Waals surface area contributed by atoms with Crippen molar-refractivity contribution in [1.82, 2.24) is 14.5 Å². The molecule has 0 bridgehead atoms. The van der Waals surface area contributed by atoms with Crippen LogP contribution in [0.1, 0.15) is 27.3 Å². The maximum Gasteiger partial charge on any atom is 0.343 e. The Kier molecular flexibility index (Phi) is 7.77. The van der Waals surface area contributed by atoms with E-state index in [9.17, 15) is 14.0 Å². The highest BCUT2D eigenvalue weighted by atomic mass is 19.1. The Hall–Kier alpha value is -3.72. The smallest absolute Gasteiger partial charge is 0.343 e. The Balaban J connectivity index is 1.55. The number of esters is 1. The van der Waals surface area contributed by atoms with Crippen molar-refractivity contribution in [2.24, 2.45) is 0 Å². The predicted octanol–water partition coefficient (Wildman–Crippen LogP) is 2.86. The number of aromatic nitrogens is 2. The van der Waals surface area contributed by atoms with Gasteiger partial charge < -0.3 is 18.8 Å². The summed E-state index contributed by atoms with van der Waals surface area (Å²) in [5, 5.41) is 0. The van der Waals surface area contributed by atoms with Crippen LogP contribution in [-0.4, -0.2) is 54.3 Å². The van der Waals surface area contributed by atoms with Crippen LogP contribution in [0.4, 0.5) is 4.39 Å². The highest BCUT2D eigenvalue weighted by Crippen LogP contribution is 2.25. The Morgan fingerprint density at radius 1 is 1.09 bits per heavy atom. The third-order valence-corrected chi connectivity index (χ3v) is 6.04. The van der Waals surface area contributed by atoms with E-state index in [4.69, 9.17) is 14.2 Å². The molecule has 0 spiro atoms. The van der Waals surface area contributed by atoms with Gasteiger partial charge in [0.2, 0.25) is 0 Å². The summed E-state index contributed by atoms with van der Waals surface area (Å²) < 4.78 is 31.4. The van der Waals surface area contributed by atoms with Crippen molar-refractivity contribution >= 4 is 5.97 Å². The van der Waals surface area contributed by atoms with Gasteiger partial charge in [-0.1, -0.05) is 12.1 Å². The first-order chi connectivity index (χ1) is 17.0. The number of rotatable bonds is 8. The molecule has 1 aliphatic heterocycles. The lowest BCUT2D eigenvalue weighted by Crippen LogP contribution is -2.29. The normalized spacial score (nSPS) is 13.6. The van der Waals surface area contributed by atoms with Crippen LogP contribution < -0.4 is 15.0 Å². The van der Waals surface area contributed by atoms with Crippen molar-refractivity contribution in [2.75, 3.05) is 33.9 Å². The first kappa shape index (κ1) is 24.4. The van der Waals surface area contributed by atoms with Crippen LogP contribution >= 0.6 is 0 Å². The van der Waals surface area contributed by atoms with Gasteiger partial charge in [0, 0.05) is 62.7 Å². The molecule has 3 aromatic rings. The minimum atomic E-state index is -0.543. The van der Waals surface area contributed by atoms with Crippen molar-refractivity contribution in [2.45, 2.75) is 25.9 Å². The van der Waals surface area contributed by atoms with Crippen LogP contribution in [0.15, 0.2) is 53.5 Å². The molecule has 0 radical (unpaired) electrons. The summed E-state index contributed by atoms with van der Waals surface area (Å²) in [6, 6.07) is 11.8. The van der Waals surface area contributed by atoms with E-state index < -0.39 is 11.8 Å². The summed E-state index contributed by atoms with van der Waals surface area (Å²) >= 11 is 0. The number of methoxy groups -OCH3 is 2. The lowest BCUT2D eigenvalue weighted by Gasteiger charge is -2.19. The number of ether oxygens (including phenoxy) is 3. The first-order valence-electron chi connectivity index (χ1n) is 11.4. The molecule has 0 saturated carbocycles. The number of halogens is 1. The van der Waals surface area contributed by atoms with E-state index >= 15 is 0 Å². The molecule has 2 aromatic heterocycles. The molecule has 0 amide bonds. The third-order valence-electron chi connectivity index (χ3n) is 6.04. The van der Waals surface area contributed by atoms with E-state index in [1.54, 1.807) is 22.9 Å². The number of hydrogen-bond acceptors (Lipinski definition) is 7. The van der Waals surface area contributed by atoms with Crippen LogP contribution in [0.2, 0.25) is 0 Å². The topological polar surface area (TPSA) is 82.9 Å². The van der Waals surface area contributed by atoms with Gasteiger partial charge in [0.15, 0.2) is 11.6 Å². The highest BCUT2D eigenvalue weighted by molar-refractivity contribution is 5.93. The van der Waals surface area contributed by atoms with Gasteiger partial charge in [-0.2, -0.15) is 0 Å². The SMILES string of the molecule is COC(=O)c1c(OCCc2ccccn2)cc(=O)n2c1CCN(Cc1ccc(F)c(OC)c1)CC2. The van der Waals surface area contributed by atoms with E-state index in [2.05, 4.69) is 9.88 Å². The highest BCUT2D eigenvalue weighted by Gasteiger charge is 2.26. The Labute approximate surface area is 202 Å². The summed E-state index contributed by atoms with van der Waals surface area (Å²) in [6.45, 7) is 2.42. The monoisotopic (exact) mass is 481 g/mol. The molecule has 35 heavy (non-hydrogen) atoms. The second-order valence-corrected chi connectivity index (χ2v) is 8.23. The second-order valence-electron chi connectivity index (χ2n) is 8.23. The number of benzene rings is 1. The fourth-order valence-electron chi connectivity index (χ4n) is 4.26. The van der Waals surface area contributed by atoms with Crippen molar-refractivity contribution in [3.8, 4) is 11.5 Å². The molecule has 9 heteroatoms. The first-order valence-corrected chi connectivity index (χ1v) is 11.4. The maximum absolute atomic E-state index is 13.8. The standard InChI is InChI=1S/C26H28FN3O5/c1-33-22-15-18(6-7-20(22)27)17-29-11-8-21-25(26(32)34-2)23(16-24(31)30(21)13-12-29)35-14-9-19-5-3-4-10-28-19/h3-7,10,15-16H,8-9,11-14,17H2,1-2H3. The third kappa shape index (κ3) is 5.68. The van der Waals surface area contributed by atoms with Crippen molar-refractivity contribution < 1.29 is 23.4 Å². The van der Waals surface area contributed by atoms with Gasteiger partial charge in [-0.15, -0.1) is 0 Å². The number of carbonyl (C=O) groups excluding carboxylic acids is 1. The van der Waals surface area contributed by atoms with Gasteiger partial charge in [-0.05, 0) is 29.8 Å². The van der Waals surface area contributed by atoms with Crippen LogP contribution in [-0.2, 0) is 30.7 Å². The zero-order valence-electron chi connectivity index (χ0n) is 19.8. The average Bonchev–Trinajstić information content (AvgIpc) is 3.08. The molecular formula is C26H28FN3O5. The van der Waals surface area contributed by atoms with Gasteiger partial charge in [0.05, 0.1) is 20.8 Å². The molecule has 0 atom stereocenters. The zero-order valence-corrected chi connectivity index (χ0v) is 19.8. The van der Waals surface area contributed by atoms with E-state index in [1.165, 1.54) is 26.4 Å². The maximum atomic E-state index is 13.8. The average molecular weight is 482 g/mol. The van der Waals surface area contributed by atoms with Gasteiger partial charge in [-0.25, -0.2) is 9.18 Å². The van der Waals surface area contributed by atoms with E-state index in [0.29, 0.717) is 44.7 Å². The summed E-state index contributed by atoms with van der Waals surface area (Å²) in [7, 11) is 2.74. The van der Waals surface area contributed by atoms with E-state index in [0.717, 1.165) is 11.3 Å². The van der Waals surface area contributed by atoms with Crippen molar-refractivity contribution in [3.63, 3.8) is 0 Å². The quantitative estimate of drug-likeness (QED) is 0.458. The van der Waals surface area contributed by atoms with Crippen LogP contribution in [0.25, 0.3) is 0 Å². The van der Waals surface area contributed by atoms with Gasteiger partial charge in [0.1, 0.15) is 11.3 Å². The summed E-state index contributed by atoms with van der Waals surface area (Å²) in [5.41, 5.74) is 2.39. The predicted molar refractivity (Wildman–Crippen MR) is 127 cm³/mol. The lowest BCUT2D eigenvalue weighted by atomic mass is 10.1. The largest absolute Gasteiger partial charge is 0.494 e. The molecule has 0 unspecified atom stereocenters. The molecular weight excluding hydrogens is 453 g/mol. The molecule has 8 nitrogen and oxygen atoms in total. The van der Waals surface area contributed by atoms with Gasteiger partial charge >= 0.3 is 5.97 Å². The second kappa shape index (κ2) is 11.1. The molecule has 184 valence electrons. The summed E-state index contributed by atoms with van der Waals surface area (Å²) in [4.78, 5) is 32.1. The molecule has 0 fully saturated rings. The zero-order chi connectivity index (χ0) is 24.8. The number of hydrogen-bond donors (Lipinski definition) is 0. The Morgan fingerprint density at radius 3 is 2.69 bits per heavy atom. The minimum Gasteiger partial charge on any atom is -0.494 e. The van der Waals surface area contributed by atoms with Crippen LogP contribution in [0.5, 0.6) is 11.5 Å². The van der Waals surface area contributed by atoms with Gasteiger partial charge in [-0.3, -0.25) is 14.7 Å². The molecule has 0 N–H and O–H groups in total. The molecule has 1 aliphatic rings. The minimum absolute atomic E-state index is 0.192. The Morgan fingerprint density at radius 2 is 1.94 bits per heavy atom.